The van der Waals surface area contributed by atoms with E-state index in [9.17, 15) is 14.4 Å². The van der Waals surface area contributed by atoms with Gasteiger partial charge in [0, 0.05) is 24.8 Å². The van der Waals surface area contributed by atoms with Gasteiger partial charge in [-0.2, -0.15) is 0 Å². The van der Waals surface area contributed by atoms with E-state index in [2.05, 4.69) is 13.8 Å². The summed E-state index contributed by atoms with van der Waals surface area (Å²) < 4.78 is 12.0. The summed E-state index contributed by atoms with van der Waals surface area (Å²) in [6, 6.07) is 3.24. The van der Waals surface area contributed by atoms with E-state index in [1.165, 1.54) is 11.2 Å². The van der Waals surface area contributed by atoms with Crippen molar-refractivity contribution in [3.05, 3.63) is 46.7 Å². The number of Topliss-reactive ketones (excluding diaryl/α,β-unsaturated/α-hetero) is 1. The first-order valence-electron chi connectivity index (χ1n) is 9.87. The first-order chi connectivity index (χ1) is 13.7. The summed E-state index contributed by atoms with van der Waals surface area (Å²) in [5.74, 6) is -0.406. The molecule has 29 heavy (non-hydrogen) atoms. The second-order valence-corrected chi connectivity index (χ2v) is 7.52. The molecule has 0 aromatic carbocycles. The zero-order valence-corrected chi connectivity index (χ0v) is 18.1. The highest BCUT2D eigenvalue weighted by atomic mass is 16.5. The van der Waals surface area contributed by atoms with Crippen molar-refractivity contribution in [3.63, 3.8) is 0 Å². The Balaban J connectivity index is 2.32. The zero-order chi connectivity index (χ0) is 21.7. The van der Waals surface area contributed by atoms with Gasteiger partial charge in [-0.25, -0.2) is 4.79 Å². The Bertz CT molecular complexity index is 878. The zero-order valence-electron chi connectivity index (χ0n) is 18.1. The van der Waals surface area contributed by atoms with Gasteiger partial charge in [0.05, 0.1) is 19.4 Å². The first kappa shape index (κ1) is 22.5. The number of aromatic nitrogens is 1. The van der Waals surface area contributed by atoms with Gasteiger partial charge in [-0.3, -0.25) is 9.59 Å². The largest absolute Gasteiger partial charge is 0.461 e. The van der Waals surface area contributed by atoms with Gasteiger partial charge in [0.25, 0.3) is 5.91 Å². The molecule has 0 radical (unpaired) electrons. The van der Waals surface area contributed by atoms with Gasteiger partial charge in [0.2, 0.25) is 0 Å². The number of hydrogen-bond donors (Lipinski definition) is 0. The molecule has 0 spiro atoms. The lowest BCUT2D eigenvalue weighted by atomic mass is 10.0. The molecule has 0 aliphatic heterocycles. The van der Waals surface area contributed by atoms with Crippen LogP contribution in [0.5, 0.6) is 0 Å². The second kappa shape index (κ2) is 9.58. The van der Waals surface area contributed by atoms with Crippen LogP contribution in [0, 0.1) is 19.8 Å². The molecule has 1 amide bonds. The quantitative estimate of drug-likeness (QED) is 0.471. The summed E-state index contributed by atoms with van der Waals surface area (Å²) in [7, 11) is 1.73. The number of ether oxygens (including phenoxy) is 1. The normalized spacial score (nSPS) is 11.0. The number of hydrogen-bond acceptors (Lipinski definition) is 5. The highest BCUT2D eigenvalue weighted by molar-refractivity contribution is 6.05. The van der Waals surface area contributed by atoms with Crippen LogP contribution in [-0.2, 0) is 11.8 Å². The first-order valence-corrected chi connectivity index (χ1v) is 9.87. The number of amides is 1. The lowest BCUT2D eigenvalue weighted by Gasteiger charge is -2.22. The molecule has 0 N–H and O–H groups in total. The Morgan fingerprint density at radius 3 is 2.48 bits per heavy atom. The average Bonchev–Trinajstić information content (AvgIpc) is 3.26. The molecule has 0 bridgehead atoms. The lowest BCUT2D eigenvalue weighted by Crippen LogP contribution is -2.37. The van der Waals surface area contributed by atoms with Crippen LogP contribution in [0.15, 0.2) is 22.8 Å². The molecule has 7 heteroatoms. The summed E-state index contributed by atoms with van der Waals surface area (Å²) in [6.07, 6.45) is 2.20. The van der Waals surface area contributed by atoms with E-state index in [0.29, 0.717) is 35.0 Å². The number of rotatable bonds is 9. The van der Waals surface area contributed by atoms with E-state index in [1.807, 2.05) is 0 Å². The number of furan rings is 1. The summed E-state index contributed by atoms with van der Waals surface area (Å²) >= 11 is 0. The Hall–Kier alpha value is -2.83. The fourth-order valence-corrected chi connectivity index (χ4v) is 3.35. The molecule has 2 heterocycles. The fourth-order valence-electron chi connectivity index (χ4n) is 3.35. The molecule has 0 saturated carbocycles. The summed E-state index contributed by atoms with van der Waals surface area (Å²) in [6.45, 7) is 10.0. The molecule has 7 nitrogen and oxygen atoms in total. The topological polar surface area (TPSA) is 81.8 Å². The summed E-state index contributed by atoms with van der Waals surface area (Å²) in [4.78, 5) is 39.8. The Morgan fingerprint density at radius 1 is 1.24 bits per heavy atom. The number of carbonyl (C=O) groups excluding carboxylic acids is 3. The summed E-state index contributed by atoms with van der Waals surface area (Å²) in [5.41, 5.74) is 2.06. The van der Waals surface area contributed by atoms with E-state index in [-0.39, 0.29) is 30.6 Å². The highest BCUT2D eigenvalue weighted by Crippen LogP contribution is 2.23. The number of nitrogens with zero attached hydrogens (tertiary/aromatic N) is 2. The van der Waals surface area contributed by atoms with Crippen LogP contribution in [0.25, 0.3) is 0 Å². The maximum Gasteiger partial charge on any atom is 0.355 e. The van der Waals surface area contributed by atoms with Crippen LogP contribution in [0.1, 0.15) is 69.9 Å². The standard InChI is InChI=1S/C22H30N2O5/c1-7-28-22(27)20-15(4)19(16(5)23(20)6)17(25)13-24(11-10-14(2)3)21(26)18-9-8-12-29-18/h8-9,12,14H,7,10-11,13H2,1-6H3. The van der Waals surface area contributed by atoms with Crippen molar-refractivity contribution in [1.29, 1.82) is 0 Å². The SMILES string of the molecule is CCOC(=O)c1c(C)c(C(=O)CN(CCC(C)C)C(=O)c2ccco2)c(C)n1C. The van der Waals surface area contributed by atoms with Gasteiger partial charge < -0.3 is 18.6 Å². The van der Waals surface area contributed by atoms with Crippen LogP contribution < -0.4 is 0 Å². The van der Waals surface area contributed by atoms with E-state index < -0.39 is 5.97 Å². The van der Waals surface area contributed by atoms with Crippen molar-refractivity contribution in [2.45, 2.75) is 41.0 Å². The van der Waals surface area contributed by atoms with Gasteiger partial charge in [-0.05, 0) is 50.8 Å². The van der Waals surface area contributed by atoms with Crippen molar-refractivity contribution >= 4 is 17.7 Å². The van der Waals surface area contributed by atoms with Crippen molar-refractivity contribution in [2.75, 3.05) is 19.7 Å². The van der Waals surface area contributed by atoms with Crippen LogP contribution in [-0.4, -0.2) is 46.8 Å². The third-order valence-electron chi connectivity index (χ3n) is 5.01. The molecule has 0 aliphatic carbocycles. The minimum absolute atomic E-state index is 0.0831. The van der Waals surface area contributed by atoms with E-state index in [1.54, 1.807) is 44.5 Å². The lowest BCUT2D eigenvalue weighted by molar-refractivity contribution is 0.0514. The third-order valence-corrected chi connectivity index (χ3v) is 5.01. The van der Waals surface area contributed by atoms with E-state index >= 15 is 0 Å². The van der Waals surface area contributed by atoms with E-state index in [4.69, 9.17) is 9.15 Å². The molecule has 158 valence electrons. The van der Waals surface area contributed by atoms with E-state index in [0.717, 1.165) is 6.42 Å². The molecule has 2 aromatic rings. The average molecular weight is 402 g/mol. The molecule has 0 atom stereocenters. The van der Waals surface area contributed by atoms with Crippen LogP contribution >= 0.6 is 0 Å². The molecular formula is C22H30N2O5. The van der Waals surface area contributed by atoms with Crippen molar-refractivity contribution in [2.24, 2.45) is 13.0 Å². The summed E-state index contributed by atoms with van der Waals surface area (Å²) in [5, 5.41) is 0. The minimum atomic E-state index is -0.460. The molecule has 0 saturated heterocycles. The monoisotopic (exact) mass is 402 g/mol. The third kappa shape index (κ3) is 4.96. The van der Waals surface area contributed by atoms with Crippen LogP contribution in [0.3, 0.4) is 0 Å². The molecule has 0 fully saturated rings. The van der Waals surface area contributed by atoms with Crippen molar-refractivity contribution in [1.82, 2.24) is 9.47 Å². The molecular weight excluding hydrogens is 372 g/mol. The van der Waals surface area contributed by atoms with Gasteiger partial charge in [-0.1, -0.05) is 13.8 Å². The number of esters is 1. The molecule has 2 aromatic heterocycles. The highest BCUT2D eigenvalue weighted by Gasteiger charge is 2.28. The number of carbonyl (C=O) groups is 3. The predicted octanol–water partition coefficient (Wildman–Crippen LogP) is 3.78. The Labute approximate surface area is 171 Å². The number of ketones is 1. The van der Waals surface area contributed by atoms with Crippen molar-refractivity contribution < 1.29 is 23.5 Å². The Morgan fingerprint density at radius 2 is 1.93 bits per heavy atom. The van der Waals surface area contributed by atoms with Crippen molar-refractivity contribution in [3.8, 4) is 0 Å². The molecule has 0 unspecified atom stereocenters. The molecule has 2 rings (SSSR count). The van der Waals surface area contributed by atoms with Gasteiger partial charge in [0.15, 0.2) is 11.5 Å². The van der Waals surface area contributed by atoms with Crippen LogP contribution in [0.4, 0.5) is 0 Å². The van der Waals surface area contributed by atoms with Crippen LogP contribution in [0.2, 0.25) is 0 Å². The minimum Gasteiger partial charge on any atom is -0.461 e. The van der Waals surface area contributed by atoms with Gasteiger partial charge in [-0.15, -0.1) is 0 Å². The van der Waals surface area contributed by atoms with Gasteiger partial charge in [0.1, 0.15) is 5.69 Å². The Kier molecular flexibility index (Phi) is 7.42. The predicted molar refractivity (Wildman–Crippen MR) is 109 cm³/mol. The smallest absolute Gasteiger partial charge is 0.355 e. The maximum atomic E-state index is 13.2. The second-order valence-electron chi connectivity index (χ2n) is 7.52. The maximum absolute atomic E-state index is 13.2. The molecule has 0 aliphatic rings. The van der Waals surface area contributed by atoms with Gasteiger partial charge >= 0.3 is 5.97 Å². The fraction of sp³-hybridized carbons (Fsp3) is 0.500.